The predicted octanol–water partition coefficient (Wildman–Crippen LogP) is 1.25. The Morgan fingerprint density at radius 3 is 3.00 bits per heavy atom. The Kier molecular flexibility index (Phi) is 3.45. The number of nitrogens with one attached hydrogen (secondary N) is 1. The molecule has 0 spiro atoms. The van der Waals surface area contributed by atoms with Gasteiger partial charge in [-0.1, -0.05) is 6.07 Å². The lowest BCUT2D eigenvalue weighted by molar-refractivity contribution is 0.169. The average molecular weight is 198 g/mol. The summed E-state index contributed by atoms with van der Waals surface area (Å²) in [6, 6.07) is 2.81. The molecule has 1 aromatic heterocycles. The Hall–Kier alpha value is -1.36. The first-order chi connectivity index (χ1) is 6.27. The van der Waals surface area contributed by atoms with Crippen molar-refractivity contribution >= 4 is 23.7 Å². The number of carbonyl (C=O) groups excluding carboxylic acids is 2. The van der Waals surface area contributed by atoms with Crippen molar-refractivity contribution in [1.82, 2.24) is 5.32 Å². The van der Waals surface area contributed by atoms with Crippen LogP contribution in [-0.4, -0.2) is 19.5 Å². The lowest BCUT2D eigenvalue weighted by Crippen LogP contribution is -2.28. The summed E-state index contributed by atoms with van der Waals surface area (Å²) in [5.74, 6) is 0. The molecule has 1 unspecified atom stereocenters. The topological polar surface area (TPSA) is 55.4 Å². The molecule has 1 rings (SSSR count). The van der Waals surface area contributed by atoms with Crippen LogP contribution in [0.2, 0.25) is 0 Å². The minimum atomic E-state index is -0.729. The van der Waals surface area contributed by atoms with E-state index in [2.05, 4.69) is 10.1 Å². The second kappa shape index (κ2) is 4.61. The molecule has 0 aromatic carbocycles. The maximum absolute atomic E-state index is 10.8. The summed E-state index contributed by atoms with van der Waals surface area (Å²) in [5, 5.41) is 4.16. The number of ether oxygens (including phenoxy) is 1. The average Bonchev–Trinajstić information content (AvgIpc) is 2.66. The number of methoxy groups -OCH3 is 1. The van der Waals surface area contributed by atoms with Crippen molar-refractivity contribution in [3.63, 3.8) is 0 Å². The van der Waals surface area contributed by atoms with Gasteiger partial charge in [0, 0.05) is 4.88 Å². The van der Waals surface area contributed by atoms with Gasteiger partial charge in [0.1, 0.15) is 6.04 Å². The fourth-order valence-electron chi connectivity index (χ4n) is 0.791. The molecule has 0 saturated carbocycles. The summed E-state index contributed by atoms with van der Waals surface area (Å²) in [7, 11) is 1.24. The third kappa shape index (κ3) is 2.55. The Morgan fingerprint density at radius 1 is 1.77 bits per heavy atom. The maximum Gasteiger partial charge on any atom is 0.407 e. The number of alkyl carbamates (subject to hydrolysis) is 1. The van der Waals surface area contributed by atoms with E-state index < -0.39 is 12.1 Å². The van der Waals surface area contributed by atoms with Gasteiger partial charge >= 0.3 is 6.09 Å². The van der Waals surface area contributed by atoms with Gasteiger partial charge in [-0.25, -0.2) is 4.79 Å². The SMILES string of the molecule is COC(=O)NC([C]=O)c1cccs1. The number of hydrogen-bond acceptors (Lipinski definition) is 4. The third-order valence-corrected chi connectivity index (χ3v) is 2.33. The van der Waals surface area contributed by atoms with Crippen molar-refractivity contribution < 1.29 is 14.3 Å². The van der Waals surface area contributed by atoms with E-state index >= 15 is 0 Å². The highest BCUT2D eigenvalue weighted by atomic mass is 32.1. The first kappa shape index (κ1) is 9.73. The molecule has 0 saturated heterocycles. The molecule has 1 atom stereocenters. The summed E-state index contributed by atoms with van der Waals surface area (Å²) >= 11 is 1.38. The summed E-state index contributed by atoms with van der Waals surface area (Å²) in [5.41, 5.74) is 0. The minimum Gasteiger partial charge on any atom is -0.453 e. The van der Waals surface area contributed by atoms with Crippen LogP contribution in [0.3, 0.4) is 0 Å². The minimum absolute atomic E-state index is 0.637. The summed E-state index contributed by atoms with van der Waals surface area (Å²) < 4.78 is 4.36. The van der Waals surface area contributed by atoms with Crippen LogP contribution in [0.25, 0.3) is 0 Å². The van der Waals surface area contributed by atoms with Crippen molar-refractivity contribution in [3.8, 4) is 0 Å². The fraction of sp³-hybridized carbons (Fsp3) is 0.250. The third-order valence-electron chi connectivity index (χ3n) is 1.39. The van der Waals surface area contributed by atoms with Gasteiger partial charge in [-0.3, -0.25) is 4.79 Å². The molecule has 4 nitrogen and oxygen atoms in total. The molecule has 0 aliphatic carbocycles. The van der Waals surface area contributed by atoms with Gasteiger partial charge in [0.05, 0.1) is 7.11 Å². The van der Waals surface area contributed by atoms with Gasteiger partial charge in [0.25, 0.3) is 0 Å². The van der Waals surface area contributed by atoms with E-state index in [9.17, 15) is 9.59 Å². The van der Waals surface area contributed by atoms with Crippen molar-refractivity contribution in [2.75, 3.05) is 7.11 Å². The van der Waals surface area contributed by atoms with Crippen molar-refractivity contribution in [2.45, 2.75) is 6.04 Å². The van der Waals surface area contributed by atoms with Crippen molar-refractivity contribution in [2.24, 2.45) is 0 Å². The molecule has 1 heterocycles. The van der Waals surface area contributed by atoms with Gasteiger partial charge in [0.15, 0.2) is 0 Å². The Bertz CT molecular complexity index is 284. The van der Waals surface area contributed by atoms with Crippen LogP contribution in [0.4, 0.5) is 4.79 Å². The van der Waals surface area contributed by atoms with Gasteiger partial charge in [0.2, 0.25) is 6.29 Å². The molecule has 1 N–H and O–H groups in total. The summed E-state index contributed by atoms with van der Waals surface area (Å²) in [6.45, 7) is 0. The second-order valence-electron chi connectivity index (χ2n) is 2.20. The number of amides is 1. The highest BCUT2D eigenvalue weighted by Crippen LogP contribution is 2.16. The Labute approximate surface area is 79.5 Å². The molecule has 0 aliphatic rings. The molecule has 0 fully saturated rings. The molecule has 5 heteroatoms. The lowest BCUT2D eigenvalue weighted by atomic mass is 10.3. The number of hydrogen-bond donors (Lipinski definition) is 1. The normalized spacial score (nSPS) is 11.8. The number of thiophene rings is 1. The van der Waals surface area contributed by atoms with E-state index in [1.165, 1.54) is 18.4 Å². The first-order valence-electron chi connectivity index (χ1n) is 3.53. The second-order valence-corrected chi connectivity index (χ2v) is 3.18. The molecule has 1 aromatic rings. The van der Waals surface area contributed by atoms with Crippen LogP contribution in [0.15, 0.2) is 17.5 Å². The molecule has 0 aliphatic heterocycles. The van der Waals surface area contributed by atoms with Gasteiger partial charge in [-0.2, -0.15) is 0 Å². The zero-order valence-corrected chi connectivity index (χ0v) is 7.76. The molecule has 13 heavy (non-hydrogen) atoms. The Morgan fingerprint density at radius 2 is 2.54 bits per heavy atom. The van der Waals surface area contributed by atoms with Crippen LogP contribution in [0.5, 0.6) is 0 Å². The van der Waals surface area contributed by atoms with Crippen molar-refractivity contribution in [3.05, 3.63) is 22.4 Å². The predicted molar refractivity (Wildman–Crippen MR) is 48.3 cm³/mol. The zero-order valence-electron chi connectivity index (χ0n) is 6.94. The fourth-order valence-corrected chi connectivity index (χ4v) is 1.51. The largest absolute Gasteiger partial charge is 0.453 e. The summed E-state index contributed by atoms with van der Waals surface area (Å²) in [4.78, 5) is 22.0. The number of rotatable bonds is 3. The Balaban J connectivity index is 2.64. The van der Waals surface area contributed by atoms with E-state index in [-0.39, 0.29) is 0 Å². The van der Waals surface area contributed by atoms with E-state index in [0.29, 0.717) is 0 Å². The van der Waals surface area contributed by atoms with Crippen LogP contribution in [0, 0.1) is 0 Å². The standard InChI is InChI=1S/C8H8NO3S/c1-12-8(11)9-6(5-10)7-3-2-4-13-7/h2-4,6H,1H3,(H,9,11). The van der Waals surface area contributed by atoms with E-state index in [1.54, 1.807) is 18.4 Å². The molecular formula is C8H8NO3S. The van der Waals surface area contributed by atoms with Crippen LogP contribution in [-0.2, 0) is 9.53 Å². The molecule has 0 bridgehead atoms. The highest BCUT2D eigenvalue weighted by Gasteiger charge is 2.15. The first-order valence-corrected chi connectivity index (χ1v) is 4.41. The van der Waals surface area contributed by atoms with E-state index in [0.717, 1.165) is 4.88 Å². The zero-order chi connectivity index (χ0) is 9.68. The van der Waals surface area contributed by atoms with Gasteiger partial charge in [-0.05, 0) is 11.4 Å². The van der Waals surface area contributed by atoms with Crippen LogP contribution in [0.1, 0.15) is 10.9 Å². The molecule has 69 valence electrons. The lowest BCUT2D eigenvalue weighted by Gasteiger charge is -2.07. The van der Waals surface area contributed by atoms with Crippen LogP contribution < -0.4 is 5.32 Å². The molecule has 1 radical (unpaired) electrons. The quantitative estimate of drug-likeness (QED) is 0.795. The maximum atomic E-state index is 10.8. The number of carbonyl (C=O) groups is 1. The highest BCUT2D eigenvalue weighted by molar-refractivity contribution is 7.10. The van der Waals surface area contributed by atoms with Gasteiger partial charge < -0.3 is 10.1 Å². The van der Waals surface area contributed by atoms with E-state index in [4.69, 9.17) is 0 Å². The molecule has 1 amide bonds. The summed E-state index contributed by atoms with van der Waals surface area (Å²) in [6.07, 6.45) is 1.08. The van der Waals surface area contributed by atoms with E-state index in [1.807, 2.05) is 5.38 Å². The van der Waals surface area contributed by atoms with Crippen LogP contribution >= 0.6 is 11.3 Å². The molecular weight excluding hydrogens is 190 g/mol. The smallest absolute Gasteiger partial charge is 0.407 e. The van der Waals surface area contributed by atoms with Gasteiger partial charge in [-0.15, -0.1) is 11.3 Å². The monoisotopic (exact) mass is 198 g/mol. The van der Waals surface area contributed by atoms with Crippen molar-refractivity contribution in [1.29, 1.82) is 0 Å².